The molecule has 0 radical (unpaired) electrons. The van der Waals surface area contributed by atoms with E-state index in [1.54, 1.807) is 0 Å². The average Bonchev–Trinajstić information content (AvgIpc) is 2.27. The fourth-order valence-corrected chi connectivity index (χ4v) is 3.98. The van der Waals surface area contributed by atoms with Crippen LogP contribution >= 0.6 is 27.5 Å². The second-order valence-corrected chi connectivity index (χ2v) is 7.33. The first-order chi connectivity index (χ1) is 8.95. The topological polar surface area (TPSA) is 50.3 Å². The molecule has 4 nitrogen and oxygen atoms in total. The molecule has 1 rings (SSSR count). The Labute approximate surface area is 128 Å². The van der Waals surface area contributed by atoms with Gasteiger partial charge < -0.3 is 0 Å². The maximum Gasteiger partial charge on any atom is 0.402 e. The van der Waals surface area contributed by atoms with Crippen molar-refractivity contribution in [1.82, 2.24) is 9.29 Å². The molecule has 0 aliphatic heterocycles. The molecule has 20 heavy (non-hydrogen) atoms. The molecule has 0 N–H and O–H groups in total. The lowest BCUT2D eigenvalue weighted by atomic mass is 10.4. The molecule has 0 bridgehead atoms. The molecule has 0 unspecified atom stereocenters. The van der Waals surface area contributed by atoms with Crippen molar-refractivity contribution >= 4 is 37.6 Å². The van der Waals surface area contributed by atoms with E-state index >= 15 is 0 Å². The van der Waals surface area contributed by atoms with Crippen LogP contribution in [-0.2, 0) is 10.0 Å². The standard InChI is InChI=1S/C10H11BrClF3N2O2S/c1-6(2)17(5-10(13,14)15)20(18,19)8-3-7(11)4-16-9(8)12/h3-4,6H,5H2,1-2H3. The van der Waals surface area contributed by atoms with Gasteiger partial charge in [0.15, 0.2) is 0 Å². The van der Waals surface area contributed by atoms with E-state index < -0.39 is 33.7 Å². The molecule has 1 aromatic rings. The van der Waals surface area contributed by atoms with Gasteiger partial charge >= 0.3 is 6.18 Å². The van der Waals surface area contributed by atoms with E-state index in [2.05, 4.69) is 20.9 Å². The van der Waals surface area contributed by atoms with E-state index in [-0.39, 0.29) is 5.15 Å². The lowest BCUT2D eigenvalue weighted by Crippen LogP contribution is -2.43. The Kier molecular flexibility index (Phi) is 5.45. The highest BCUT2D eigenvalue weighted by atomic mass is 79.9. The van der Waals surface area contributed by atoms with Crippen molar-refractivity contribution in [3.05, 3.63) is 21.9 Å². The van der Waals surface area contributed by atoms with Gasteiger partial charge in [0.05, 0.1) is 0 Å². The molecular weight excluding hydrogens is 385 g/mol. The lowest BCUT2D eigenvalue weighted by molar-refractivity contribution is -0.138. The lowest BCUT2D eigenvalue weighted by Gasteiger charge is -2.27. The molecule has 0 spiro atoms. The third-order valence-electron chi connectivity index (χ3n) is 2.27. The number of hydrogen-bond acceptors (Lipinski definition) is 3. The summed E-state index contributed by atoms with van der Waals surface area (Å²) < 4.78 is 62.8. The first kappa shape index (κ1) is 17.7. The molecule has 1 heterocycles. The zero-order chi connectivity index (χ0) is 15.7. The Hall–Kier alpha value is -0.380. The molecule has 0 amide bonds. The molecule has 0 aromatic carbocycles. The largest absolute Gasteiger partial charge is 0.402 e. The zero-order valence-electron chi connectivity index (χ0n) is 10.4. The number of sulfonamides is 1. The number of halogens is 5. The molecule has 0 saturated heterocycles. The van der Waals surface area contributed by atoms with E-state index in [4.69, 9.17) is 11.6 Å². The minimum Gasteiger partial charge on any atom is -0.242 e. The number of pyridine rings is 1. The summed E-state index contributed by atoms with van der Waals surface area (Å²) in [4.78, 5) is 3.15. The van der Waals surface area contributed by atoms with Gasteiger partial charge in [-0.25, -0.2) is 13.4 Å². The van der Waals surface area contributed by atoms with E-state index in [0.717, 1.165) is 6.07 Å². The van der Waals surface area contributed by atoms with Gasteiger partial charge in [-0.15, -0.1) is 0 Å². The number of hydrogen-bond donors (Lipinski definition) is 0. The van der Waals surface area contributed by atoms with Crippen LogP contribution in [0.5, 0.6) is 0 Å². The number of rotatable bonds is 4. The maximum atomic E-state index is 12.5. The van der Waals surface area contributed by atoms with Gasteiger partial charge in [0.25, 0.3) is 0 Å². The summed E-state index contributed by atoms with van der Waals surface area (Å²) in [5, 5.41) is -0.374. The van der Waals surface area contributed by atoms with Crippen LogP contribution in [0.3, 0.4) is 0 Å². The monoisotopic (exact) mass is 394 g/mol. The first-order valence-electron chi connectivity index (χ1n) is 5.35. The van der Waals surface area contributed by atoms with Gasteiger partial charge in [-0.05, 0) is 35.8 Å². The van der Waals surface area contributed by atoms with E-state index in [0.29, 0.717) is 8.78 Å². The fraction of sp³-hybridized carbons (Fsp3) is 0.500. The second kappa shape index (κ2) is 6.17. The molecule has 0 aliphatic carbocycles. The van der Waals surface area contributed by atoms with Crippen LogP contribution in [0.15, 0.2) is 21.6 Å². The van der Waals surface area contributed by atoms with Crippen LogP contribution in [0.1, 0.15) is 13.8 Å². The fourth-order valence-electron chi connectivity index (χ4n) is 1.43. The minimum absolute atomic E-state index is 0.302. The zero-order valence-corrected chi connectivity index (χ0v) is 13.6. The Morgan fingerprint density at radius 1 is 1.45 bits per heavy atom. The second-order valence-electron chi connectivity index (χ2n) is 4.20. The number of nitrogens with zero attached hydrogens (tertiary/aromatic N) is 2. The summed E-state index contributed by atoms with van der Waals surface area (Å²) >= 11 is 8.69. The molecule has 10 heteroatoms. The molecular formula is C10H11BrClF3N2O2S. The van der Waals surface area contributed by atoms with Gasteiger partial charge in [0.2, 0.25) is 10.0 Å². The van der Waals surface area contributed by atoms with E-state index in [1.807, 2.05) is 0 Å². The van der Waals surface area contributed by atoms with Crippen LogP contribution in [0.2, 0.25) is 5.15 Å². The summed E-state index contributed by atoms with van der Waals surface area (Å²) in [6.07, 6.45) is -3.39. The highest BCUT2D eigenvalue weighted by molar-refractivity contribution is 9.10. The Morgan fingerprint density at radius 3 is 2.45 bits per heavy atom. The summed E-state index contributed by atoms with van der Waals surface area (Å²) in [5.41, 5.74) is 0. The Morgan fingerprint density at radius 2 is 2.00 bits per heavy atom. The molecule has 0 atom stereocenters. The third-order valence-corrected chi connectivity index (χ3v) is 5.15. The third kappa shape index (κ3) is 4.31. The van der Waals surface area contributed by atoms with Crippen molar-refractivity contribution < 1.29 is 21.6 Å². The minimum atomic E-state index is -4.65. The molecule has 0 fully saturated rings. The summed E-state index contributed by atoms with van der Waals surface area (Å²) in [7, 11) is -4.40. The van der Waals surface area contributed by atoms with Gasteiger partial charge in [-0.3, -0.25) is 0 Å². The van der Waals surface area contributed by atoms with Gasteiger partial charge in [-0.2, -0.15) is 17.5 Å². The van der Waals surface area contributed by atoms with Crippen LogP contribution in [0, 0.1) is 0 Å². The van der Waals surface area contributed by atoms with Crippen molar-refractivity contribution in [3.8, 4) is 0 Å². The quantitative estimate of drug-likeness (QED) is 0.734. The van der Waals surface area contributed by atoms with Gasteiger partial charge in [0.1, 0.15) is 16.6 Å². The molecule has 1 aromatic heterocycles. The highest BCUT2D eigenvalue weighted by Gasteiger charge is 2.39. The van der Waals surface area contributed by atoms with Gasteiger partial charge in [0, 0.05) is 16.7 Å². The van der Waals surface area contributed by atoms with Crippen molar-refractivity contribution in [2.24, 2.45) is 0 Å². The highest BCUT2D eigenvalue weighted by Crippen LogP contribution is 2.29. The van der Waals surface area contributed by atoms with Crippen LogP contribution < -0.4 is 0 Å². The summed E-state index contributed by atoms with van der Waals surface area (Å²) in [6.45, 7) is 1.11. The first-order valence-corrected chi connectivity index (χ1v) is 7.96. The van der Waals surface area contributed by atoms with Crippen LogP contribution in [0.25, 0.3) is 0 Å². The average molecular weight is 396 g/mol. The van der Waals surface area contributed by atoms with E-state index in [1.165, 1.54) is 20.0 Å². The molecule has 0 aliphatic rings. The van der Waals surface area contributed by atoms with Gasteiger partial charge in [-0.1, -0.05) is 11.6 Å². The molecule has 114 valence electrons. The Balaban J connectivity index is 3.34. The van der Waals surface area contributed by atoms with Crippen molar-refractivity contribution in [3.63, 3.8) is 0 Å². The predicted molar refractivity (Wildman–Crippen MR) is 72.0 cm³/mol. The number of aromatic nitrogens is 1. The van der Waals surface area contributed by atoms with Crippen molar-refractivity contribution in [1.29, 1.82) is 0 Å². The summed E-state index contributed by atoms with van der Waals surface area (Å²) in [5.74, 6) is 0. The Bertz CT molecular complexity index is 593. The van der Waals surface area contributed by atoms with Crippen LogP contribution in [0.4, 0.5) is 13.2 Å². The maximum absolute atomic E-state index is 12.5. The predicted octanol–water partition coefficient (Wildman–Crippen LogP) is 3.46. The van der Waals surface area contributed by atoms with Crippen LogP contribution in [-0.4, -0.2) is 36.5 Å². The van der Waals surface area contributed by atoms with E-state index in [9.17, 15) is 21.6 Å². The normalized spacial score (nSPS) is 13.2. The SMILES string of the molecule is CC(C)N(CC(F)(F)F)S(=O)(=O)c1cc(Br)cnc1Cl. The summed E-state index contributed by atoms with van der Waals surface area (Å²) in [6, 6.07) is 0.243. The van der Waals surface area contributed by atoms with Crippen molar-refractivity contribution in [2.45, 2.75) is 31.0 Å². The number of alkyl halides is 3. The molecule has 0 saturated carbocycles. The smallest absolute Gasteiger partial charge is 0.242 e. The van der Waals surface area contributed by atoms with Crippen molar-refractivity contribution in [2.75, 3.05) is 6.54 Å².